The highest BCUT2D eigenvalue weighted by molar-refractivity contribution is 5.79. The maximum absolute atomic E-state index is 13.5. The number of hydrogen-bond donors (Lipinski definition) is 8. The highest BCUT2D eigenvalue weighted by Gasteiger charge is 2.51. The van der Waals surface area contributed by atoms with Crippen molar-refractivity contribution >= 4 is 23.9 Å². The van der Waals surface area contributed by atoms with E-state index in [0.717, 1.165) is 46.0 Å². The maximum Gasteiger partial charge on any atom is 0.347 e. The number of unbranched alkanes of at least 4 members (excludes halogenated alkanes) is 13. The predicted octanol–water partition coefficient (Wildman–Crippen LogP) is 1.14. The molecule has 0 aromatic rings. The summed E-state index contributed by atoms with van der Waals surface area (Å²) < 4.78 is 38.3. The molecule has 19 nitrogen and oxygen atoms in total. The number of aliphatic carboxylic acids is 1. The third-order valence-electron chi connectivity index (χ3n) is 10.4. The van der Waals surface area contributed by atoms with Gasteiger partial charge in [0.25, 0.3) is 0 Å². The fraction of sp³-hybridized carbons (Fsp3) is 0.900. The van der Waals surface area contributed by atoms with Crippen LogP contribution >= 0.6 is 0 Å². The molecular weight excluding hydrogens is 784 g/mol. The van der Waals surface area contributed by atoms with E-state index >= 15 is 0 Å². The van der Waals surface area contributed by atoms with E-state index in [0.29, 0.717) is 6.42 Å². The third-order valence-corrected chi connectivity index (χ3v) is 10.4. The van der Waals surface area contributed by atoms with Gasteiger partial charge in [0.2, 0.25) is 6.10 Å². The van der Waals surface area contributed by atoms with E-state index in [1.54, 1.807) is 0 Å². The Balaban J connectivity index is 2.08. The predicted molar refractivity (Wildman–Crippen MR) is 205 cm³/mol. The summed E-state index contributed by atoms with van der Waals surface area (Å²) >= 11 is 0. The van der Waals surface area contributed by atoms with Crippen LogP contribution in [0.1, 0.15) is 130 Å². The van der Waals surface area contributed by atoms with Crippen LogP contribution in [0.4, 0.5) is 0 Å². The molecule has 0 saturated carbocycles. The van der Waals surface area contributed by atoms with Crippen molar-refractivity contribution in [2.75, 3.05) is 19.8 Å². The van der Waals surface area contributed by atoms with Crippen LogP contribution in [0.3, 0.4) is 0 Å². The number of carbonyl (C=O) groups excluding carboxylic acids is 3. The lowest BCUT2D eigenvalue weighted by molar-refractivity contribution is -0.360. The fourth-order valence-electron chi connectivity index (χ4n) is 7.11. The molecule has 59 heavy (non-hydrogen) atoms. The van der Waals surface area contributed by atoms with Gasteiger partial charge in [0.1, 0.15) is 61.0 Å². The zero-order valence-electron chi connectivity index (χ0n) is 34.7. The number of aliphatic hydroxyl groups excluding tert-OH is 7. The van der Waals surface area contributed by atoms with Gasteiger partial charge in [0.15, 0.2) is 12.6 Å². The van der Waals surface area contributed by atoms with Gasteiger partial charge in [-0.3, -0.25) is 14.4 Å². The van der Waals surface area contributed by atoms with Gasteiger partial charge in [-0.05, 0) is 12.8 Å². The number of esters is 3. The van der Waals surface area contributed by atoms with Crippen molar-refractivity contribution in [3.05, 3.63) is 0 Å². The molecule has 0 unspecified atom stereocenters. The smallest absolute Gasteiger partial charge is 0.347 e. The molecule has 2 fully saturated rings. The molecule has 2 saturated heterocycles. The minimum absolute atomic E-state index is 0.233. The van der Waals surface area contributed by atoms with Crippen molar-refractivity contribution in [1.82, 2.24) is 0 Å². The van der Waals surface area contributed by atoms with Gasteiger partial charge in [0.05, 0.1) is 26.2 Å². The molecule has 0 aromatic heterocycles. The highest BCUT2D eigenvalue weighted by Crippen LogP contribution is 2.30. The van der Waals surface area contributed by atoms with E-state index in [1.807, 2.05) is 0 Å². The second-order valence-corrected chi connectivity index (χ2v) is 15.4. The molecule has 0 radical (unpaired) electrons. The van der Waals surface area contributed by atoms with Crippen LogP contribution in [0.25, 0.3) is 0 Å². The van der Waals surface area contributed by atoms with Crippen LogP contribution < -0.4 is 0 Å². The molecule has 13 atom stereocenters. The molecule has 0 bridgehead atoms. The van der Waals surface area contributed by atoms with Crippen molar-refractivity contribution in [1.29, 1.82) is 0 Å². The highest BCUT2D eigenvalue weighted by atomic mass is 16.7. The molecule has 0 spiro atoms. The SMILES string of the molecule is CCCCCCCCCCCCCCCC[C@H](CO[C@@H]1O[C@H](CO)[C@@H](O[C@@H]2O[C@H](CO)[C@@H](O)[C@H](O)[C@H]2O)[C@H](O)[C@H]1O)OC(=O)[C@H](C[C@H](CC(=O)O)OC(C)=O)OC(C)=O. The van der Waals surface area contributed by atoms with Crippen LogP contribution in [0.5, 0.6) is 0 Å². The quantitative estimate of drug-likeness (QED) is 0.0285. The van der Waals surface area contributed by atoms with Gasteiger partial charge in [-0.2, -0.15) is 0 Å². The second-order valence-electron chi connectivity index (χ2n) is 15.4. The molecule has 2 aliphatic rings. The first kappa shape index (κ1) is 52.6. The van der Waals surface area contributed by atoms with Gasteiger partial charge < -0.3 is 74.0 Å². The Bertz CT molecular complexity index is 1190. The Morgan fingerprint density at radius 1 is 0.593 bits per heavy atom. The minimum atomic E-state index is -1.85. The average molecular weight is 855 g/mol. The first-order chi connectivity index (χ1) is 28.1. The lowest BCUT2D eigenvalue weighted by Gasteiger charge is -2.46. The Kier molecular flexibility index (Phi) is 25.7. The van der Waals surface area contributed by atoms with Crippen molar-refractivity contribution in [3.8, 4) is 0 Å². The molecular formula is C40H70O19. The van der Waals surface area contributed by atoms with Gasteiger partial charge >= 0.3 is 23.9 Å². The Morgan fingerprint density at radius 2 is 1.10 bits per heavy atom. The summed E-state index contributed by atoms with van der Waals surface area (Å²) in [6, 6.07) is 0. The first-order valence-electron chi connectivity index (χ1n) is 21.1. The number of carbonyl (C=O) groups is 4. The molecule has 2 heterocycles. The number of carboxylic acid groups (broad SMARTS) is 1. The van der Waals surface area contributed by atoms with Gasteiger partial charge in [0, 0.05) is 20.3 Å². The topological polar surface area (TPSA) is 295 Å². The molecule has 0 aliphatic carbocycles. The van der Waals surface area contributed by atoms with Gasteiger partial charge in [-0.25, -0.2) is 4.79 Å². The molecule has 0 amide bonds. The lowest BCUT2D eigenvalue weighted by Crippen LogP contribution is -2.64. The van der Waals surface area contributed by atoms with E-state index in [-0.39, 0.29) is 6.42 Å². The van der Waals surface area contributed by atoms with E-state index in [9.17, 15) is 60.0 Å². The average Bonchev–Trinajstić information content (AvgIpc) is 3.18. The Morgan fingerprint density at radius 3 is 1.61 bits per heavy atom. The fourth-order valence-corrected chi connectivity index (χ4v) is 7.11. The van der Waals surface area contributed by atoms with E-state index in [4.69, 9.17) is 33.2 Å². The number of aliphatic hydroxyl groups is 7. The summed E-state index contributed by atoms with van der Waals surface area (Å²) in [5.74, 6) is -4.10. The summed E-state index contributed by atoms with van der Waals surface area (Å²) in [5, 5.41) is 81.6. The number of carboxylic acids is 1. The summed E-state index contributed by atoms with van der Waals surface area (Å²) in [6.07, 6.45) is -6.07. The molecule has 0 aromatic carbocycles. The monoisotopic (exact) mass is 854 g/mol. The molecule has 19 heteroatoms. The largest absolute Gasteiger partial charge is 0.481 e. The lowest BCUT2D eigenvalue weighted by atomic mass is 9.97. The Hall–Kier alpha value is -2.56. The van der Waals surface area contributed by atoms with Crippen molar-refractivity contribution in [2.24, 2.45) is 0 Å². The van der Waals surface area contributed by atoms with Crippen molar-refractivity contribution in [3.63, 3.8) is 0 Å². The third kappa shape index (κ3) is 19.4. The molecule has 8 N–H and O–H groups in total. The summed E-state index contributed by atoms with van der Waals surface area (Å²) in [5.41, 5.74) is 0. The summed E-state index contributed by atoms with van der Waals surface area (Å²) in [6.45, 7) is 2.32. The molecule has 2 aliphatic heterocycles. The van der Waals surface area contributed by atoms with E-state index in [2.05, 4.69) is 6.92 Å². The van der Waals surface area contributed by atoms with E-state index in [1.165, 1.54) is 51.4 Å². The van der Waals surface area contributed by atoms with Crippen LogP contribution in [0.15, 0.2) is 0 Å². The summed E-state index contributed by atoms with van der Waals surface area (Å²) in [7, 11) is 0. The molecule has 2 rings (SSSR count). The standard InChI is InChI=1S/C40H70O19/c1-4-5-6-7-8-9-10-11-12-13-14-15-16-17-18-26(56-38(52)28(55-25(3)44)19-27(20-31(45)46)54-24(2)43)23-53-39-36(51)34(49)37(30(22-42)58-39)59-40-35(50)33(48)32(47)29(21-41)57-40/h26-30,32-37,39-42,47-51H,4-23H2,1-3H3,(H,45,46)/t26-,27-,28+,29-,30-,32-,33+,34-,35-,36-,37-,39-,40+/m1/s1. The minimum Gasteiger partial charge on any atom is -0.481 e. The van der Waals surface area contributed by atoms with Crippen molar-refractivity contribution in [2.45, 2.75) is 210 Å². The van der Waals surface area contributed by atoms with Crippen LogP contribution in [0, 0.1) is 0 Å². The zero-order valence-corrected chi connectivity index (χ0v) is 34.7. The zero-order chi connectivity index (χ0) is 43.9. The van der Waals surface area contributed by atoms with Crippen LogP contribution in [-0.4, -0.2) is 164 Å². The number of rotatable bonds is 30. The normalized spacial score (nSPS) is 28.6. The van der Waals surface area contributed by atoms with Crippen LogP contribution in [0.2, 0.25) is 0 Å². The maximum atomic E-state index is 13.5. The van der Waals surface area contributed by atoms with Gasteiger partial charge in [-0.1, -0.05) is 90.4 Å². The molecule has 344 valence electrons. The second kappa shape index (κ2) is 28.9. The van der Waals surface area contributed by atoms with Crippen LogP contribution in [-0.2, 0) is 52.3 Å². The first-order valence-corrected chi connectivity index (χ1v) is 21.1. The Labute approximate surface area is 346 Å². The van der Waals surface area contributed by atoms with Gasteiger partial charge in [-0.15, -0.1) is 0 Å². The number of hydrogen-bond acceptors (Lipinski definition) is 18. The summed E-state index contributed by atoms with van der Waals surface area (Å²) in [4.78, 5) is 48.5. The number of ether oxygens (including phenoxy) is 7. The van der Waals surface area contributed by atoms with Crippen molar-refractivity contribution < 1.29 is 93.2 Å². The van der Waals surface area contributed by atoms with E-state index < -0.39 is 136 Å².